The summed E-state index contributed by atoms with van der Waals surface area (Å²) in [7, 11) is 0. The highest BCUT2D eigenvalue weighted by atomic mass is 32.2. The lowest BCUT2D eigenvalue weighted by molar-refractivity contribution is 0.489. The number of oxazole rings is 1. The van der Waals surface area contributed by atoms with Gasteiger partial charge in [-0.05, 0) is 30.3 Å². The number of rotatable bonds is 5. The first-order valence-corrected chi connectivity index (χ1v) is 7.48. The van der Waals surface area contributed by atoms with Crippen molar-refractivity contribution >= 4 is 34.6 Å². The highest BCUT2D eigenvalue weighted by molar-refractivity contribution is 7.99. The molecule has 6 nitrogen and oxygen atoms in total. The van der Waals surface area contributed by atoms with Crippen molar-refractivity contribution in [3.8, 4) is 0 Å². The molecule has 0 radical (unpaired) electrons. The van der Waals surface area contributed by atoms with Gasteiger partial charge in [-0.15, -0.1) is 0 Å². The van der Waals surface area contributed by atoms with Crippen LogP contribution in [-0.4, -0.2) is 21.5 Å². The molecule has 7 heteroatoms. The first kappa shape index (κ1) is 13.7. The first-order chi connectivity index (χ1) is 10.2. The predicted molar refractivity (Wildman–Crippen MR) is 83.4 cm³/mol. The molecule has 1 aromatic carbocycles. The second kappa shape index (κ2) is 6.01. The Hall–Kier alpha value is -2.28. The van der Waals surface area contributed by atoms with E-state index in [1.165, 1.54) is 11.8 Å². The van der Waals surface area contributed by atoms with Crippen LogP contribution >= 0.6 is 11.8 Å². The minimum Gasteiger partial charge on any atom is -0.431 e. The number of aromatic nitrogens is 3. The van der Waals surface area contributed by atoms with Gasteiger partial charge in [0.05, 0.1) is 0 Å². The SMILES string of the molecule is CCCNc1cc(Sc2nc3ccccc3o2)nc(N)n1. The number of para-hydroxylation sites is 2. The van der Waals surface area contributed by atoms with Gasteiger partial charge in [-0.1, -0.05) is 19.1 Å². The van der Waals surface area contributed by atoms with E-state index in [0.717, 1.165) is 24.1 Å². The van der Waals surface area contributed by atoms with Crippen LogP contribution in [0.15, 0.2) is 45.0 Å². The summed E-state index contributed by atoms with van der Waals surface area (Å²) < 4.78 is 5.66. The van der Waals surface area contributed by atoms with Gasteiger partial charge in [-0.25, -0.2) is 9.97 Å². The average molecular weight is 301 g/mol. The summed E-state index contributed by atoms with van der Waals surface area (Å²) in [6.07, 6.45) is 1.01. The Bertz CT molecular complexity index is 725. The lowest BCUT2D eigenvalue weighted by atomic mass is 10.3. The molecule has 2 aromatic heterocycles. The molecule has 3 N–H and O–H groups in total. The first-order valence-electron chi connectivity index (χ1n) is 6.66. The van der Waals surface area contributed by atoms with E-state index >= 15 is 0 Å². The quantitative estimate of drug-likeness (QED) is 0.699. The molecular formula is C14H15N5OS. The maximum Gasteiger partial charge on any atom is 0.263 e. The van der Waals surface area contributed by atoms with E-state index in [0.29, 0.717) is 16.1 Å². The third-order valence-corrected chi connectivity index (χ3v) is 3.51. The molecule has 0 atom stereocenters. The Labute approximate surface area is 126 Å². The zero-order valence-electron chi connectivity index (χ0n) is 11.5. The summed E-state index contributed by atoms with van der Waals surface area (Å²) in [6.45, 7) is 2.93. The molecule has 3 aromatic rings. The summed E-state index contributed by atoms with van der Waals surface area (Å²) in [5.74, 6) is 0.942. The standard InChI is InChI=1S/C14H15N5OS/c1-2-7-16-11-8-12(19-13(15)18-11)21-14-17-9-5-3-4-6-10(9)20-14/h3-6,8H,2,7H2,1H3,(H3,15,16,18,19). The number of nitrogen functional groups attached to an aromatic ring is 1. The zero-order chi connectivity index (χ0) is 14.7. The molecule has 0 saturated heterocycles. The molecule has 0 spiro atoms. The fourth-order valence-corrected chi connectivity index (χ4v) is 2.59. The van der Waals surface area contributed by atoms with E-state index in [-0.39, 0.29) is 5.95 Å². The van der Waals surface area contributed by atoms with E-state index in [2.05, 4.69) is 27.2 Å². The Morgan fingerprint density at radius 1 is 1.24 bits per heavy atom. The molecule has 21 heavy (non-hydrogen) atoms. The normalized spacial score (nSPS) is 10.9. The van der Waals surface area contributed by atoms with Crippen LogP contribution in [0, 0.1) is 0 Å². The van der Waals surface area contributed by atoms with E-state index < -0.39 is 0 Å². The second-order valence-electron chi connectivity index (χ2n) is 4.43. The summed E-state index contributed by atoms with van der Waals surface area (Å²) >= 11 is 1.33. The summed E-state index contributed by atoms with van der Waals surface area (Å²) in [5, 5.41) is 4.43. The number of nitrogens with one attached hydrogen (secondary N) is 1. The Morgan fingerprint density at radius 2 is 2.10 bits per heavy atom. The van der Waals surface area contributed by atoms with Crippen molar-refractivity contribution in [2.45, 2.75) is 23.6 Å². The van der Waals surface area contributed by atoms with Crippen LogP contribution in [0.2, 0.25) is 0 Å². The van der Waals surface area contributed by atoms with Crippen molar-refractivity contribution in [2.24, 2.45) is 0 Å². The van der Waals surface area contributed by atoms with Gasteiger partial charge in [0.2, 0.25) is 5.95 Å². The van der Waals surface area contributed by atoms with Crippen molar-refractivity contribution in [1.29, 1.82) is 0 Å². The highest BCUT2D eigenvalue weighted by Crippen LogP contribution is 2.29. The smallest absolute Gasteiger partial charge is 0.263 e. The van der Waals surface area contributed by atoms with Crippen LogP contribution < -0.4 is 11.1 Å². The third-order valence-electron chi connectivity index (χ3n) is 2.74. The van der Waals surface area contributed by atoms with Crippen molar-refractivity contribution in [3.63, 3.8) is 0 Å². The Kier molecular flexibility index (Phi) is 3.92. The van der Waals surface area contributed by atoms with Gasteiger partial charge in [0, 0.05) is 12.6 Å². The minimum atomic E-state index is 0.231. The molecule has 2 heterocycles. The largest absolute Gasteiger partial charge is 0.431 e. The number of benzene rings is 1. The molecular weight excluding hydrogens is 286 g/mol. The number of hydrogen-bond donors (Lipinski definition) is 2. The van der Waals surface area contributed by atoms with Crippen LogP contribution in [-0.2, 0) is 0 Å². The minimum absolute atomic E-state index is 0.231. The van der Waals surface area contributed by atoms with Gasteiger partial charge in [-0.2, -0.15) is 4.98 Å². The molecule has 0 aliphatic rings. The van der Waals surface area contributed by atoms with Crippen molar-refractivity contribution in [1.82, 2.24) is 15.0 Å². The zero-order valence-corrected chi connectivity index (χ0v) is 12.4. The van der Waals surface area contributed by atoms with Crippen molar-refractivity contribution in [2.75, 3.05) is 17.6 Å². The fourth-order valence-electron chi connectivity index (χ4n) is 1.82. The molecule has 3 rings (SSSR count). The predicted octanol–water partition coefficient (Wildman–Crippen LogP) is 3.17. The van der Waals surface area contributed by atoms with Crippen molar-refractivity contribution < 1.29 is 4.42 Å². The van der Waals surface area contributed by atoms with Crippen LogP contribution in [0.3, 0.4) is 0 Å². The highest BCUT2D eigenvalue weighted by Gasteiger charge is 2.10. The van der Waals surface area contributed by atoms with Gasteiger partial charge >= 0.3 is 0 Å². The maximum atomic E-state index is 5.73. The van der Waals surface area contributed by atoms with Gasteiger partial charge in [0.1, 0.15) is 16.4 Å². The lowest BCUT2D eigenvalue weighted by Crippen LogP contribution is -2.05. The average Bonchev–Trinajstić information content (AvgIpc) is 2.86. The number of nitrogens with two attached hydrogens (primary N) is 1. The van der Waals surface area contributed by atoms with Crippen LogP contribution in [0.4, 0.5) is 11.8 Å². The van der Waals surface area contributed by atoms with Gasteiger partial charge < -0.3 is 15.5 Å². The molecule has 0 bridgehead atoms. The number of anilines is 2. The number of nitrogens with zero attached hydrogens (tertiary/aromatic N) is 3. The van der Waals surface area contributed by atoms with Gasteiger partial charge in [0.25, 0.3) is 5.22 Å². The summed E-state index contributed by atoms with van der Waals surface area (Å²) in [5.41, 5.74) is 7.31. The van der Waals surface area contributed by atoms with Crippen molar-refractivity contribution in [3.05, 3.63) is 30.3 Å². The van der Waals surface area contributed by atoms with Gasteiger partial charge in [-0.3, -0.25) is 0 Å². The molecule has 0 aliphatic heterocycles. The topological polar surface area (TPSA) is 89.9 Å². The van der Waals surface area contributed by atoms with E-state index in [9.17, 15) is 0 Å². The molecule has 108 valence electrons. The maximum absolute atomic E-state index is 5.73. The van der Waals surface area contributed by atoms with E-state index in [4.69, 9.17) is 10.2 Å². The Morgan fingerprint density at radius 3 is 2.90 bits per heavy atom. The van der Waals surface area contributed by atoms with Crippen LogP contribution in [0.5, 0.6) is 0 Å². The van der Waals surface area contributed by atoms with Crippen LogP contribution in [0.25, 0.3) is 11.1 Å². The van der Waals surface area contributed by atoms with Crippen LogP contribution in [0.1, 0.15) is 13.3 Å². The molecule has 0 aliphatic carbocycles. The molecule has 0 amide bonds. The molecule has 0 fully saturated rings. The monoisotopic (exact) mass is 301 g/mol. The summed E-state index contributed by atoms with van der Waals surface area (Å²) in [4.78, 5) is 12.7. The fraction of sp³-hybridized carbons (Fsp3) is 0.214. The third kappa shape index (κ3) is 3.25. The van der Waals surface area contributed by atoms with Gasteiger partial charge in [0.15, 0.2) is 5.58 Å². The van der Waals surface area contributed by atoms with E-state index in [1.807, 2.05) is 30.3 Å². The molecule has 0 saturated carbocycles. The summed E-state index contributed by atoms with van der Waals surface area (Å²) in [6, 6.07) is 9.47. The Balaban J connectivity index is 1.84. The number of fused-ring (bicyclic) bond motifs is 1. The number of hydrogen-bond acceptors (Lipinski definition) is 7. The van der Waals surface area contributed by atoms with E-state index in [1.54, 1.807) is 0 Å². The second-order valence-corrected chi connectivity index (χ2v) is 5.40. The lowest BCUT2D eigenvalue weighted by Gasteiger charge is -2.05. The molecule has 0 unspecified atom stereocenters.